The highest BCUT2D eigenvalue weighted by molar-refractivity contribution is 9.10. The molecule has 1 N–H and O–H groups in total. The Morgan fingerprint density at radius 1 is 0.610 bits per heavy atom. The second kappa shape index (κ2) is 15.3. The lowest BCUT2D eigenvalue weighted by atomic mass is 9.93. The zero-order chi connectivity index (χ0) is 29.8. The van der Waals surface area contributed by atoms with Gasteiger partial charge in [0.2, 0.25) is 0 Å². The maximum Gasteiger partial charge on any atom is 0.308 e. The number of ether oxygens (including phenoxy) is 2. The average Bonchev–Trinajstić information content (AvgIpc) is 3.00. The standard InChI is InChI=1S/C23H28O5.C12H9Br/c1-16(2)21(24)27-14-23(26,15-28-22(25)17(3)4)20-12-10-19(11-13-20)18-8-6-5-7-9-18;13-12-8-6-11(7-9-12)10-4-2-1-3-5-10/h5-13,16-17,26H,14-15H2,1-4H3;1-9H. The van der Waals surface area contributed by atoms with Gasteiger partial charge in [-0.1, -0.05) is 141 Å². The van der Waals surface area contributed by atoms with Gasteiger partial charge < -0.3 is 14.6 Å². The van der Waals surface area contributed by atoms with Crippen molar-refractivity contribution >= 4 is 27.9 Å². The maximum atomic E-state index is 11.9. The van der Waals surface area contributed by atoms with E-state index in [0.29, 0.717) is 5.56 Å². The Hall–Kier alpha value is -3.74. The van der Waals surface area contributed by atoms with Crippen molar-refractivity contribution in [1.82, 2.24) is 0 Å². The van der Waals surface area contributed by atoms with Gasteiger partial charge >= 0.3 is 11.9 Å². The van der Waals surface area contributed by atoms with Crippen LogP contribution in [0.5, 0.6) is 0 Å². The summed E-state index contributed by atoms with van der Waals surface area (Å²) in [7, 11) is 0. The van der Waals surface area contributed by atoms with Gasteiger partial charge in [0, 0.05) is 4.47 Å². The number of carbonyl (C=O) groups excluding carboxylic acids is 2. The summed E-state index contributed by atoms with van der Waals surface area (Å²) < 4.78 is 11.6. The first kappa shape index (κ1) is 31.8. The number of carbonyl (C=O) groups is 2. The summed E-state index contributed by atoms with van der Waals surface area (Å²) in [6.45, 7) is 6.29. The van der Waals surface area contributed by atoms with Crippen LogP contribution in [0.3, 0.4) is 0 Å². The summed E-state index contributed by atoms with van der Waals surface area (Å²) in [5, 5.41) is 11.2. The molecule has 4 aromatic rings. The lowest BCUT2D eigenvalue weighted by Crippen LogP contribution is -2.39. The number of benzene rings is 4. The summed E-state index contributed by atoms with van der Waals surface area (Å²) in [5.41, 5.74) is 3.45. The second-order valence-electron chi connectivity index (χ2n) is 10.4. The molecule has 0 saturated carbocycles. The predicted octanol–water partition coefficient (Wildman–Crippen LogP) is 8.06. The van der Waals surface area contributed by atoms with Gasteiger partial charge in [-0.3, -0.25) is 9.59 Å². The Kier molecular flexibility index (Phi) is 11.9. The fraction of sp³-hybridized carbons (Fsp3) is 0.257. The first-order valence-corrected chi connectivity index (χ1v) is 14.4. The molecule has 6 heteroatoms. The highest BCUT2D eigenvalue weighted by atomic mass is 79.9. The third-order valence-corrected chi connectivity index (χ3v) is 6.86. The molecule has 0 aliphatic rings. The van der Waals surface area contributed by atoms with Gasteiger partial charge in [0.15, 0.2) is 5.60 Å². The van der Waals surface area contributed by atoms with Crippen LogP contribution in [0.25, 0.3) is 22.3 Å². The number of esters is 2. The molecule has 0 aliphatic heterocycles. The highest BCUT2D eigenvalue weighted by Crippen LogP contribution is 2.27. The van der Waals surface area contributed by atoms with Gasteiger partial charge in [0.25, 0.3) is 0 Å². The van der Waals surface area contributed by atoms with Crippen molar-refractivity contribution < 1.29 is 24.2 Å². The molecular weight excluding hydrogens is 580 g/mol. The van der Waals surface area contributed by atoms with Crippen LogP contribution in [-0.4, -0.2) is 30.3 Å². The first-order chi connectivity index (χ1) is 19.6. The van der Waals surface area contributed by atoms with Gasteiger partial charge in [-0.2, -0.15) is 0 Å². The number of halogens is 1. The van der Waals surface area contributed by atoms with E-state index in [9.17, 15) is 14.7 Å². The van der Waals surface area contributed by atoms with Crippen LogP contribution in [0.1, 0.15) is 33.3 Å². The lowest BCUT2D eigenvalue weighted by molar-refractivity contribution is -0.168. The first-order valence-electron chi connectivity index (χ1n) is 13.6. The number of aliphatic hydroxyl groups is 1. The molecule has 0 spiro atoms. The molecule has 0 atom stereocenters. The normalized spacial score (nSPS) is 11.0. The van der Waals surface area contributed by atoms with Crippen LogP contribution in [-0.2, 0) is 24.7 Å². The van der Waals surface area contributed by atoms with E-state index < -0.39 is 17.5 Å². The van der Waals surface area contributed by atoms with Crippen LogP contribution in [0, 0.1) is 11.8 Å². The molecule has 4 rings (SSSR count). The minimum atomic E-state index is -1.62. The van der Waals surface area contributed by atoms with Gasteiger partial charge in [-0.05, 0) is 39.9 Å². The number of hydrogen-bond acceptors (Lipinski definition) is 5. The maximum absolute atomic E-state index is 11.9. The van der Waals surface area contributed by atoms with E-state index in [-0.39, 0.29) is 25.0 Å². The van der Waals surface area contributed by atoms with E-state index in [2.05, 4.69) is 64.5 Å². The Morgan fingerprint density at radius 3 is 1.32 bits per heavy atom. The monoisotopic (exact) mass is 616 g/mol. The quantitative estimate of drug-likeness (QED) is 0.193. The number of rotatable bonds is 9. The average molecular weight is 618 g/mol. The van der Waals surface area contributed by atoms with Gasteiger partial charge in [0.1, 0.15) is 13.2 Å². The van der Waals surface area contributed by atoms with Crippen LogP contribution in [0.15, 0.2) is 114 Å². The molecule has 0 amide bonds. The van der Waals surface area contributed by atoms with Gasteiger partial charge in [-0.15, -0.1) is 0 Å². The summed E-state index contributed by atoms with van der Waals surface area (Å²) in [6, 6.07) is 35.8. The van der Waals surface area contributed by atoms with Gasteiger partial charge in [0.05, 0.1) is 11.8 Å². The smallest absolute Gasteiger partial charge is 0.308 e. The summed E-state index contributed by atoms with van der Waals surface area (Å²) in [5.74, 6) is -1.48. The van der Waals surface area contributed by atoms with Crippen LogP contribution < -0.4 is 0 Å². The van der Waals surface area contributed by atoms with E-state index in [0.717, 1.165) is 15.6 Å². The third kappa shape index (κ3) is 9.69. The van der Waals surface area contributed by atoms with Crippen molar-refractivity contribution in [3.63, 3.8) is 0 Å². The van der Waals surface area contributed by atoms with Gasteiger partial charge in [-0.25, -0.2) is 0 Å². The predicted molar refractivity (Wildman–Crippen MR) is 167 cm³/mol. The Bertz CT molecular complexity index is 1340. The minimum absolute atomic E-state index is 0.292. The summed E-state index contributed by atoms with van der Waals surface area (Å²) in [6.07, 6.45) is 0. The van der Waals surface area contributed by atoms with Crippen molar-refractivity contribution in [3.8, 4) is 22.3 Å². The largest absolute Gasteiger partial charge is 0.462 e. The SMILES string of the molecule is Brc1ccc(-c2ccccc2)cc1.CC(C)C(=O)OCC(O)(COC(=O)C(C)C)c1ccc(-c2ccccc2)cc1. The van der Waals surface area contributed by atoms with Crippen molar-refractivity contribution in [2.45, 2.75) is 33.3 Å². The van der Waals surface area contributed by atoms with Crippen molar-refractivity contribution in [2.24, 2.45) is 11.8 Å². The molecule has 0 saturated heterocycles. The topological polar surface area (TPSA) is 72.8 Å². The Balaban J connectivity index is 0.000000294. The van der Waals surface area contributed by atoms with Crippen LogP contribution in [0.4, 0.5) is 0 Å². The van der Waals surface area contributed by atoms with Crippen LogP contribution in [0.2, 0.25) is 0 Å². The minimum Gasteiger partial charge on any atom is -0.462 e. The van der Waals surface area contributed by atoms with Crippen molar-refractivity contribution in [1.29, 1.82) is 0 Å². The molecule has 0 aliphatic carbocycles. The Labute approximate surface area is 251 Å². The summed E-state index contributed by atoms with van der Waals surface area (Å²) >= 11 is 3.42. The third-order valence-electron chi connectivity index (χ3n) is 6.33. The lowest BCUT2D eigenvalue weighted by Gasteiger charge is -2.28. The highest BCUT2D eigenvalue weighted by Gasteiger charge is 2.34. The molecule has 0 radical (unpaired) electrons. The fourth-order valence-electron chi connectivity index (χ4n) is 3.80. The zero-order valence-corrected chi connectivity index (χ0v) is 25.5. The molecule has 5 nitrogen and oxygen atoms in total. The van der Waals surface area contributed by atoms with Crippen LogP contribution >= 0.6 is 15.9 Å². The summed E-state index contributed by atoms with van der Waals surface area (Å²) in [4.78, 5) is 23.7. The van der Waals surface area contributed by atoms with E-state index >= 15 is 0 Å². The van der Waals surface area contributed by atoms with E-state index in [4.69, 9.17) is 9.47 Å². The molecule has 0 bridgehead atoms. The molecular formula is C35H37BrO5. The molecule has 0 heterocycles. The van der Waals surface area contributed by atoms with E-state index in [1.165, 1.54) is 11.1 Å². The van der Waals surface area contributed by atoms with Crippen molar-refractivity contribution in [2.75, 3.05) is 13.2 Å². The molecule has 0 unspecified atom stereocenters. The molecule has 41 heavy (non-hydrogen) atoms. The Morgan fingerprint density at radius 2 is 0.951 bits per heavy atom. The van der Waals surface area contributed by atoms with Crippen molar-refractivity contribution in [3.05, 3.63) is 119 Å². The zero-order valence-electron chi connectivity index (χ0n) is 23.9. The molecule has 214 valence electrons. The fourth-order valence-corrected chi connectivity index (χ4v) is 4.06. The molecule has 4 aromatic carbocycles. The molecule has 0 aromatic heterocycles. The number of hydrogen-bond donors (Lipinski definition) is 1. The van der Waals surface area contributed by atoms with E-state index in [1.807, 2.05) is 48.5 Å². The molecule has 0 fully saturated rings. The van der Waals surface area contributed by atoms with E-state index in [1.54, 1.807) is 39.8 Å². The second-order valence-corrected chi connectivity index (χ2v) is 11.3.